The first kappa shape index (κ1) is 22.3. The fraction of sp³-hybridized carbons (Fsp3) is 0.680. The number of hydrogen-bond acceptors (Lipinski definition) is 5. The van der Waals surface area contributed by atoms with Crippen molar-refractivity contribution in [2.75, 3.05) is 31.2 Å². The molecule has 2 atom stereocenters. The van der Waals surface area contributed by atoms with Crippen LogP contribution >= 0.6 is 0 Å². The largest absolute Gasteiger partial charge is 0.481 e. The number of benzene rings is 1. The number of hydrogen-bond donors (Lipinski definition) is 2. The molecule has 0 saturated carbocycles. The molecule has 1 aromatic rings. The molecule has 6 heteroatoms. The van der Waals surface area contributed by atoms with Crippen molar-refractivity contribution in [2.45, 2.75) is 76.3 Å². The summed E-state index contributed by atoms with van der Waals surface area (Å²) in [7, 11) is 0. The molecule has 2 saturated heterocycles. The number of piperidine rings is 1. The Hall–Kier alpha value is -1.92. The number of aliphatic hydroxyl groups is 1. The van der Waals surface area contributed by atoms with Gasteiger partial charge in [0.15, 0.2) is 5.90 Å². The number of para-hydroxylation sites is 1. The highest BCUT2D eigenvalue weighted by Crippen LogP contribution is 2.40. The number of aryl methyl sites for hydroxylation is 1. The summed E-state index contributed by atoms with van der Waals surface area (Å²) in [5.74, 6) is 1.24. The normalized spacial score (nSPS) is 25.5. The van der Waals surface area contributed by atoms with Crippen LogP contribution in [0.4, 0.5) is 5.69 Å². The number of nitrogens with zero attached hydrogens (tertiary/aromatic N) is 2. The predicted octanol–water partition coefficient (Wildman–Crippen LogP) is 3.76. The first-order valence-corrected chi connectivity index (χ1v) is 12.1. The second kappa shape index (κ2) is 10.6. The zero-order valence-electron chi connectivity index (χ0n) is 18.6. The maximum absolute atomic E-state index is 12.5. The number of carbonyl (C=O) groups is 1. The van der Waals surface area contributed by atoms with Gasteiger partial charge in [-0.1, -0.05) is 18.2 Å². The minimum absolute atomic E-state index is 0.0148. The molecule has 0 aromatic heterocycles. The van der Waals surface area contributed by atoms with Crippen molar-refractivity contribution in [3.8, 4) is 0 Å². The van der Waals surface area contributed by atoms with Gasteiger partial charge in [-0.3, -0.25) is 15.1 Å². The van der Waals surface area contributed by atoms with Crippen molar-refractivity contribution >= 4 is 17.5 Å². The van der Waals surface area contributed by atoms with Gasteiger partial charge in [-0.05, 0) is 68.9 Å². The zero-order chi connectivity index (χ0) is 21.6. The first-order valence-electron chi connectivity index (χ1n) is 12.1. The molecule has 0 aliphatic carbocycles. The summed E-state index contributed by atoms with van der Waals surface area (Å²) >= 11 is 0. The highest BCUT2D eigenvalue weighted by atomic mass is 16.5. The molecule has 1 aromatic carbocycles. The van der Waals surface area contributed by atoms with E-state index in [1.807, 2.05) is 11.0 Å². The quantitative estimate of drug-likeness (QED) is 0.339. The Morgan fingerprint density at radius 3 is 2.65 bits per heavy atom. The summed E-state index contributed by atoms with van der Waals surface area (Å²) < 4.78 is 5.39. The van der Waals surface area contributed by atoms with Gasteiger partial charge in [-0.2, -0.15) is 0 Å². The molecule has 170 valence electrons. The Balaban J connectivity index is 1.20. The summed E-state index contributed by atoms with van der Waals surface area (Å²) in [6, 6.07) is 9.75. The Morgan fingerprint density at radius 2 is 1.87 bits per heavy atom. The molecule has 2 unspecified atom stereocenters. The van der Waals surface area contributed by atoms with Gasteiger partial charge in [0.2, 0.25) is 5.91 Å². The fourth-order valence-electron chi connectivity index (χ4n) is 5.88. The Kier molecular flexibility index (Phi) is 7.62. The third-order valence-corrected chi connectivity index (χ3v) is 7.34. The van der Waals surface area contributed by atoms with Gasteiger partial charge in [-0.25, -0.2) is 0 Å². The molecular weight excluding hydrogens is 390 g/mol. The van der Waals surface area contributed by atoms with Crippen LogP contribution in [-0.4, -0.2) is 60.2 Å². The second-order valence-electron chi connectivity index (χ2n) is 9.38. The summed E-state index contributed by atoms with van der Waals surface area (Å²) in [6.45, 7) is 2.50. The van der Waals surface area contributed by atoms with Crippen LogP contribution in [0.3, 0.4) is 0 Å². The van der Waals surface area contributed by atoms with Crippen LogP contribution in [0.15, 0.2) is 24.3 Å². The van der Waals surface area contributed by atoms with Crippen molar-refractivity contribution in [1.29, 1.82) is 5.41 Å². The van der Waals surface area contributed by atoms with Crippen LogP contribution in [0, 0.1) is 11.3 Å². The van der Waals surface area contributed by atoms with Gasteiger partial charge in [0.1, 0.15) is 0 Å². The van der Waals surface area contributed by atoms with Gasteiger partial charge >= 0.3 is 0 Å². The number of nitrogens with one attached hydrogen (secondary N) is 1. The van der Waals surface area contributed by atoms with E-state index in [-0.39, 0.29) is 18.4 Å². The van der Waals surface area contributed by atoms with Gasteiger partial charge in [-0.15, -0.1) is 0 Å². The highest BCUT2D eigenvalue weighted by Gasteiger charge is 2.40. The van der Waals surface area contributed by atoms with Crippen LogP contribution in [-0.2, 0) is 16.0 Å². The Morgan fingerprint density at radius 1 is 1.10 bits per heavy atom. The fourth-order valence-corrected chi connectivity index (χ4v) is 5.88. The van der Waals surface area contributed by atoms with Crippen LogP contribution < -0.4 is 4.90 Å². The number of aliphatic hydroxyl groups excluding tert-OH is 1. The number of fused-ring (bicyclic) bond motifs is 3. The lowest BCUT2D eigenvalue weighted by atomic mass is 9.87. The van der Waals surface area contributed by atoms with E-state index in [9.17, 15) is 4.79 Å². The number of carbonyl (C=O) groups excluding carboxylic acids is 1. The van der Waals surface area contributed by atoms with Crippen molar-refractivity contribution in [3.63, 3.8) is 0 Å². The summed E-state index contributed by atoms with van der Waals surface area (Å²) in [5.41, 5.74) is 2.42. The second-order valence-corrected chi connectivity index (χ2v) is 9.38. The van der Waals surface area contributed by atoms with Gasteiger partial charge < -0.3 is 14.7 Å². The molecule has 2 fully saturated rings. The van der Waals surface area contributed by atoms with Gasteiger partial charge in [0.05, 0.1) is 13.2 Å². The molecule has 3 aliphatic rings. The summed E-state index contributed by atoms with van der Waals surface area (Å²) in [6.07, 6.45) is 10.2. The molecule has 6 nitrogen and oxygen atoms in total. The molecule has 4 rings (SSSR count). The predicted molar refractivity (Wildman–Crippen MR) is 123 cm³/mol. The lowest BCUT2D eigenvalue weighted by Gasteiger charge is -2.39. The number of rotatable bonds is 10. The van der Waals surface area contributed by atoms with E-state index in [0.29, 0.717) is 31.5 Å². The van der Waals surface area contributed by atoms with Gasteiger partial charge in [0.25, 0.3) is 0 Å². The van der Waals surface area contributed by atoms with E-state index in [0.717, 1.165) is 44.0 Å². The van der Waals surface area contributed by atoms with E-state index in [4.69, 9.17) is 15.3 Å². The van der Waals surface area contributed by atoms with E-state index in [1.54, 1.807) is 0 Å². The first-order chi connectivity index (χ1) is 15.2. The lowest BCUT2D eigenvalue weighted by Crippen LogP contribution is -2.44. The molecule has 0 spiro atoms. The SMILES string of the molecule is N=C(CCO)OCCCC1CC2CCC(C1)N2CCCN1C(=O)CCc2ccccc21. The highest BCUT2D eigenvalue weighted by molar-refractivity contribution is 5.96. The topological polar surface area (TPSA) is 76.9 Å². The average Bonchev–Trinajstić information content (AvgIpc) is 3.00. The third kappa shape index (κ3) is 5.47. The average molecular weight is 428 g/mol. The zero-order valence-corrected chi connectivity index (χ0v) is 18.6. The van der Waals surface area contributed by atoms with E-state index in [2.05, 4.69) is 23.1 Å². The third-order valence-electron chi connectivity index (χ3n) is 7.34. The smallest absolute Gasteiger partial charge is 0.227 e. The standard InChI is InChI=1S/C25H37N3O3/c26-24(12-15-29)31-16-3-5-19-17-21-9-10-22(18-19)27(21)13-4-14-28-23-7-2-1-6-20(23)8-11-25(28)30/h1-2,6-7,19,21-22,26,29H,3-5,8-18H2. The molecule has 0 radical (unpaired) electrons. The maximum Gasteiger partial charge on any atom is 0.227 e. The number of anilines is 1. The molecule has 3 heterocycles. The van der Waals surface area contributed by atoms with E-state index >= 15 is 0 Å². The summed E-state index contributed by atoms with van der Waals surface area (Å²) in [4.78, 5) is 17.2. The minimum Gasteiger partial charge on any atom is -0.481 e. The molecule has 3 aliphatic heterocycles. The van der Waals surface area contributed by atoms with Crippen molar-refractivity contribution in [3.05, 3.63) is 29.8 Å². The summed E-state index contributed by atoms with van der Waals surface area (Å²) in [5, 5.41) is 16.4. The Labute approximate surface area is 186 Å². The van der Waals surface area contributed by atoms with Crippen molar-refractivity contribution in [1.82, 2.24) is 4.90 Å². The molecule has 2 N–H and O–H groups in total. The number of amides is 1. The molecule has 1 amide bonds. The van der Waals surface area contributed by atoms with Crippen LogP contribution in [0.5, 0.6) is 0 Å². The van der Waals surface area contributed by atoms with Crippen molar-refractivity contribution < 1.29 is 14.6 Å². The molecule has 2 bridgehead atoms. The Bertz CT molecular complexity index is 754. The van der Waals surface area contributed by atoms with E-state index in [1.165, 1.54) is 37.7 Å². The lowest BCUT2D eigenvalue weighted by molar-refractivity contribution is -0.118. The van der Waals surface area contributed by atoms with Crippen LogP contribution in [0.2, 0.25) is 0 Å². The van der Waals surface area contributed by atoms with Gasteiger partial charge in [0, 0.05) is 43.7 Å². The number of ether oxygens (including phenoxy) is 1. The van der Waals surface area contributed by atoms with Crippen LogP contribution in [0.25, 0.3) is 0 Å². The monoisotopic (exact) mass is 427 g/mol. The van der Waals surface area contributed by atoms with Crippen molar-refractivity contribution in [2.24, 2.45) is 5.92 Å². The molecule has 31 heavy (non-hydrogen) atoms. The van der Waals surface area contributed by atoms with Crippen LogP contribution in [0.1, 0.15) is 63.4 Å². The maximum atomic E-state index is 12.5. The minimum atomic E-state index is -0.0148. The molecular formula is C25H37N3O3. The van der Waals surface area contributed by atoms with E-state index < -0.39 is 0 Å².